The highest BCUT2D eigenvalue weighted by molar-refractivity contribution is 5.36. The molecule has 2 aliphatic carbocycles. The molecule has 1 heterocycles. The van der Waals surface area contributed by atoms with Crippen molar-refractivity contribution in [2.75, 3.05) is 6.54 Å². The molecule has 1 atom stereocenters. The van der Waals surface area contributed by atoms with Crippen LogP contribution in [0.3, 0.4) is 0 Å². The van der Waals surface area contributed by atoms with E-state index < -0.39 is 0 Å². The van der Waals surface area contributed by atoms with Crippen molar-refractivity contribution in [3.63, 3.8) is 0 Å². The second kappa shape index (κ2) is 3.99. The summed E-state index contributed by atoms with van der Waals surface area (Å²) < 4.78 is 5.94. The number of rotatable bonds is 4. The van der Waals surface area contributed by atoms with Gasteiger partial charge in [0.1, 0.15) is 5.75 Å². The fourth-order valence-electron chi connectivity index (χ4n) is 3.40. The van der Waals surface area contributed by atoms with Crippen LogP contribution in [0.25, 0.3) is 0 Å². The molecule has 3 fully saturated rings. The predicted molar refractivity (Wildman–Crippen MR) is 71.7 cm³/mol. The van der Waals surface area contributed by atoms with E-state index in [1.807, 2.05) is 0 Å². The van der Waals surface area contributed by atoms with E-state index in [-0.39, 0.29) is 5.54 Å². The van der Waals surface area contributed by atoms with Gasteiger partial charge in [-0.25, -0.2) is 0 Å². The zero-order chi connectivity index (χ0) is 12.0. The Morgan fingerprint density at radius 3 is 2.72 bits per heavy atom. The summed E-state index contributed by atoms with van der Waals surface area (Å²) in [6.45, 7) is 1.17. The SMILES string of the molecule is c1cc(OC2CC2)cc(C2(C3CC3)CCCN2)c1. The van der Waals surface area contributed by atoms with Crippen molar-refractivity contribution < 1.29 is 4.74 Å². The van der Waals surface area contributed by atoms with Crippen LogP contribution in [0.4, 0.5) is 0 Å². The van der Waals surface area contributed by atoms with E-state index >= 15 is 0 Å². The molecule has 2 nitrogen and oxygen atoms in total. The number of hydrogen-bond acceptors (Lipinski definition) is 2. The second-order valence-corrected chi connectivity index (χ2v) is 6.12. The third-order valence-electron chi connectivity index (χ3n) is 4.64. The Balaban J connectivity index is 1.64. The summed E-state index contributed by atoms with van der Waals surface area (Å²) in [5.41, 5.74) is 1.73. The third-order valence-corrected chi connectivity index (χ3v) is 4.64. The number of hydrogen-bond donors (Lipinski definition) is 1. The molecule has 0 aromatic heterocycles. The van der Waals surface area contributed by atoms with Crippen LogP contribution in [0, 0.1) is 5.92 Å². The lowest BCUT2D eigenvalue weighted by Gasteiger charge is -2.30. The molecule has 1 aliphatic heterocycles. The van der Waals surface area contributed by atoms with E-state index in [2.05, 4.69) is 29.6 Å². The monoisotopic (exact) mass is 243 g/mol. The fourth-order valence-corrected chi connectivity index (χ4v) is 3.40. The minimum Gasteiger partial charge on any atom is -0.490 e. The van der Waals surface area contributed by atoms with Crippen molar-refractivity contribution in [3.8, 4) is 5.75 Å². The third kappa shape index (κ3) is 1.83. The highest BCUT2D eigenvalue weighted by Crippen LogP contribution is 2.50. The maximum atomic E-state index is 5.94. The molecule has 1 N–H and O–H groups in total. The van der Waals surface area contributed by atoms with Gasteiger partial charge in [0.05, 0.1) is 6.10 Å². The molecule has 3 aliphatic rings. The summed E-state index contributed by atoms with van der Waals surface area (Å²) in [7, 11) is 0. The normalized spacial score (nSPS) is 31.6. The van der Waals surface area contributed by atoms with E-state index in [1.165, 1.54) is 50.6 Å². The number of nitrogens with one attached hydrogen (secondary N) is 1. The zero-order valence-electron chi connectivity index (χ0n) is 10.8. The van der Waals surface area contributed by atoms with Crippen molar-refractivity contribution in [1.29, 1.82) is 0 Å². The van der Waals surface area contributed by atoms with Crippen LogP contribution in [0.15, 0.2) is 24.3 Å². The standard InChI is InChI=1S/C16H21NO/c1-3-13(11-15(4-1)18-14-7-8-14)16(12-5-6-12)9-2-10-17-16/h1,3-4,11-12,14,17H,2,5-10H2. The lowest BCUT2D eigenvalue weighted by molar-refractivity contribution is 0.298. The molecular weight excluding hydrogens is 222 g/mol. The van der Waals surface area contributed by atoms with Gasteiger partial charge in [0.25, 0.3) is 0 Å². The van der Waals surface area contributed by atoms with Gasteiger partial charge < -0.3 is 10.1 Å². The van der Waals surface area contributed by atoms with Crippen LogP contribution in [0.2, 0.25) is 0 Å². The molecule has 1 aromatic rings. The van der Waals surface area contributed by atoms with Gasteiger partial charge in [-0.1, -0.05) is 12.1 Å². The van der Waals surface area contributed by atoms with Gasteiger partial charge in [0.2, 0.25) is 0 Å². The second-order valence-electron chi connectivity index (χ2n) is 6.12. The van der Waals surface area contributed by atoms with Gasteiger partial charge in [0, 0.05) is 5.54 Å². The average molecular weight is 243 g/mol. The smallest absolute Gasteiger partial charge is 0.120 e. The molecular formula is C16H21NO. The first-order valence-corrected chi connectivity index (χ1v) is 7.39. The quantitative estimate of drug-likeness (QED) is 0.876. The highest BCUT2D eigenvalue weighted by Gasteiger charge is 2.47. The van der Waals surface area contributed by atoms with Crippen molar-refractivity contribution in [3.05, 3.63) is 29.8 Å². The van der Waals surface area contributed by atoms with E-state index in [1.54, 1.807) is 0 Å². The van der Waals surface area contributed by atoms with Crippen molar-refractivity contribution in [2.24, 2.45) is 5.92 Å². The molecule has 1 unspecified atom stereocenters. The summed E-state index contributed by atoms with van der Waals surface area (Å²) in [6.07, 6.45) is 8.34. The molecule has 2 heteroatoms. The first kappa shape index (κ1) is 10.9. The lowest BCUT2D eigenvalue weighted by Crippen LogP contribution is -2.38. The van der Waals surface area contributed by atoms with Crippen LogP contribution in [-0.2, 0) is 5.54 Å². The zero-order valence-corrected chi connectivity index (χ0v) is 10.8. The minimum absolute atomic E-state index is 0.267. The first-order valence-electron chi connectivity index (χ1n) is 7.39. The first-order chi connectivity index (χ1) is 8.87. The average Bonchev–Trinajstić information content (AvgIpc) is 3.32. The molecule has 2 saturated carbocycles. The molecule has 4 rings (SSSR count). The summed E-state index contributed by atoms with van der Waals surface area (Å²) in [5, 5.41) is 3.79. The summed E-state index contributed by atoms with van der Waals surface area (Å²) in [4.78, 5) is 0. The Morgan fingerprint density at radius 2 is 2.06 bits per heavy atom. The largest absolute Gasteiger partial charge is 0.490 e. The molecule has 18 heavy (non-hydrogen) atoms. The van der Waals surface area contributed by atoms with E-state index in [9.17, 15) is 0 Å². The van der Waals surface area contributed by atoms with Crippen molar-refractivity contribution >= 4 is 0 Å². The van der Waals surface area contributed by atoms with Gasteiger partial charge >= 0.3 is 0 Å². The Labute approximate surface area is 109 Å². The van der Waals surface area contributed by atoms with Gasteiger partial charge in [-0.2, -0.15) is 0 Å². The number of ether oxygens (including phenoxy) is 1. The van der Waals surface area contributed by atoms with Gasteiger partial charge in [-0.3, -0.25) is 0 Å². The maximum Gasteiger partial charge on any atom is 0.120 e. The maximum absolute atomic E-state index is 5.94. The van der Waals surface area contributed by atoms with Gasteiger partial charge in [-0.05, 0) is 68.7 Å². The van der Waals surface area contributed by atoms with Crippen LogP contribution in [0.1, 0.15) is 44.1 Å². The van der Waals surface area contributed by atoms with Crippen LogP contribution < -0.4 is 10.1 Å². The van der Waals surface area contributed by atoms with Crippen LogP contribution in [-0.4, -0.2) is 12.6 Å². The van der Waals surface area contributed by atoms with E-state index in [4.69, 9.17) is 4.74 Å². The highest BCUT2D eigenvalue weighted by atomic mass is 16.5. The Hall–Kier alpha value is -1.02. The summed E-state index contributed by atoms with van der Waals surface area (Å²) >= 11 is 0. The number of benzene rings is 1. The Morgan fingerprint density at radius 1 is 1.17 bits per heavy atom. The molecule has 1 aromatic carbocycles. The topological polar surface area (TPSA) is 21.3 Å². The lowest BCUT2D eigenvalue weighted by atomic mass is 9.83. The van der Waals surface area contributed by atoms with Crippen LogP contribution >= 0.6 is 0 Å². The van der Waals surface area contributed by atoms with Crippen molar-refractivity contribution in [1.82, 2.24) is 5.32 Å². The predicted octanol–water partition coefficient (Wildman–Crippen LogP) is 3.22. The molecule has 0 amide bonds. The Bertz CT molecular complexity index is 442. The van der Waals surface area contributed by atoms with Crippen LogP contribution in [0.5, 0.6) is 5.75 Å². The molecule has 1 saturated heterocycles. The van der Waals surface area contributed by atoms with Gasteiger partial charge in [-0.15, -0.1) is 0 Å². The fraction of sp³-hybridized carbons (Fsp3) is 0.625. The van der Waals surface area contributed by atoms with Crippen molar-refractivity contribution in [2.45, 2.75) is 50.2 Å². The summed E-state index contributed by atoms with van der Waals surface area (Å²) in [6, 6.07) is 8.85. The summed E-state index contributed by atoms with van der Waals surface area (Å²) in [5.74, 6) is 1.93. The molecule has 96 valence electrons. The molecule has 0 spiro atoms. The Kier molecular flexibility index (Phi) is 2.41. The molecule has 0 radical (unpaired) electrons. The van der Waals surface area contributed by atoms with E-state index in [0.717, 1.165) is 11.7 Å². The van der Waals surface area contributed by atoms with Gasteiger partial charge in [0.15, 0.2) is 0 Å². The van der Waals surface area contributed by atoms with E-state index in [0.29, 0.717) is 6.10 Å². The molecule has 0 bridgehead atoms. The minimum atomic E-state index is 0.267.